The van der Waals surface area contributed by atoms with Gasteiger partial charge < -0.3 is 15.2 Å². The Labute approximate surface area is 114 Å². The lowest BCUT2D eigenvalue weighted by Gasteiger charge is -2.17. The topological polar surface area (TPSA) is 99.4 Å². The molecule has 0 aliphatic heterocycles. The molecule has 1 aromatic carbocycles. The van der Waals surface area contributed by atoms with Crippen molar-refractivity contribution in [1.29, 1.82) is 5.26 Å². The number of hydrogen-bond acceptors (Lipinski definition) is 4. The van der Waals surface area contributed by atoms with E-state index in [1.807, 2.05) is 11.4 Å². The summed E-state index contributed by atoms with van der Waals surface area (Å²) in [7, 11) is 0. The highest BCUT2D eigenvalue weighted by Crippen LogP contribution is 2.18. The Bertz CT molecular complexity index is 541. The molecule has 1 rings (SSSR count). The summed E-state index contributed by atoms with van der Waals surface area (Å²) in [6, 6.07) is 6.58. The van der Waals surface area contributed by atoms with Crippen LogP contribution in [0.5, 0.6) is 5.75 Å². The molecule has 2 N–H and O–H groups in total. The largest absolute Gasteiger partial charge is 0.480 e. The van der Waals surface area contributed by atoms with Gasteiger partial charge in [-0.1, -0.05) is 12.1 Å². The molecule has 2 unspecified atom stereocenters. The Kier molecular flexibility index (Phi) is 5.47. The minimum absolute atomic E-state index is 0.199. The first-order valence-electron chi connectivity index (χ1n) is 5.74. The first-order valence-corrected chi connectivity index (χ1v) is 5.74. The van der Waals surface area contributed by atoms with Crippen molar-refractivity contribution in [3.05, 3.63) is 29.8 Å². The third kappa shape index (κ3) is 3.95. The molecule has 106 valence electrons. The number of carbonyl (C=O) groups excluding carboxylic acids is 1. The Balaban J connectivity index is 2.71. The maximum atomic E-state index is 12.4. The van der Waals surface area contributed by atoms with Crippen LogP contribution in [0.25, 0.3) is 0 Å². The average Bonchev–Trinajstić information content (AvgIpc) is 2.44. The number of halogens is 1. The van der Waals surface area contributed by atoms with Crippen LogP contribution in [-0.4, -0.2) is 35.8 Å². The van der Waals surface area contributed by atoms with Crippen molar-refractivity contribution in [3.8, 4) is 11.8 Å². The van der Waals surface area contributed by atoms with Gasteiger partial charge in [0.15, 0.2) is 12.1 Å². The van der Waals surface area contributed by atoms with Crippen LogP contribution in [0, 0.1) is 11.3 Å². The van der Waals surface area contributed by atoms with E-state index in [1.54, 1.807) is 12.1 Å². The molecule has 1 amide bonds. The summed E-state index contributed by atoms with van der Waals surface area (Å²) in [5.74, 6) is -2.04. The number of para-hydroxylation sites is 1. The Morgan fingerprint density at radius 3 is 2.70 bits per heavy atom. The Morgan fingerprint density at radius 2 is 2.15 bits per heavy atom. The van der Waals surface area contributed by atoms with Crippen LogP contribution in [0.1, 0.15) is 12.5 Å². The first-order chi connectivity index (χ1) is 9.49. The summed E-state index contributed by atoms with van der Waals surface area (Å²) >= 11 is 0. The molecule has 6 nitrogen and oxygen atoms in total. The van der Waals surface area contributed by atoms with Gasteiger partial charge >= 0.3 is 5.97 Å². The number of carboxylic acids is 1. The van der Waals surface area contributed by atoms with E-state index in [0.29, 0.717) is 0 Å². The van der Waals surface area contributed by atoms with E-state index in [1.165, 1.54) is 19.1 Å². The van der Waals surface area contributed by atoms with Gasteiger partial charge in [0.05, 0.1) is 5.56 Å². The van der Waals surface area contributed by atoms with Gasteiger partial charge in [0.2, 0.25) is 0 Å². The second-order valence-electron chi connectivity index (χ2n) is 3.92. The second kappa shape index (κ2) is 7.09. The number of benzene rings is 1. The number of ether oxygens (including phenoxy) is 1. The molecule has 0 aliphatic rings. The van der Waals surface area contributed by atoms with Crippen molar-refractivity contribution in [2.45, 2.75) is 19.1 Å². The minimum Gasteiger partial charge on any atom is -0.480 e. The highest BCUT2D eigenvalue weighted by molar-refractivity contribution is 5.86. The van der Waals surface area contributed by atoms with Crippen LogP contribution in [0.3, 0.4) is 0 Å². The first kappa shape index (κ1) is 15.4. The summed E-state index contributed by atoms with van der Waals surface area (Å²) in [6.07, 6.45) is -1.06. The number of nitrogens with one attached hydrogen (secondary N) is 1. The minimum atomic E-state index is -1.61. The molecule has 0 bridgehead atoms. The lowest BCUT2D eigenvalue weighted by Crippen LogP contribution is -2.47. The van der Waals surface area contributed by atoms with E-state index in [0.717, 1.165) is 0 Å². The number of rotatable bonds is 6. The van der Waals surface area contributed by atoms with E-state index in [4.69, 9.17) is 15.1 Å². The standard InChI is InChI=1S/C13H13FN2O4/c1-8(12(17)16-10(6-14)13(18)19)20-11-5-3-2-4-9(11)7-15/h2-5,8,10H,6H2,1H3,(H,16,17)(H,18,19). The molecule has 0 saturated carbocycles. The fourth-order valence-corrected chi connectivity index (χ4v) is 1.36. The summed E-state index contributed by atoms with van der Waals surface area (Å²) in [6.45, 7) is 0.156. The number of aliphatic carboxylic acids is 1. The van der Waals surface area contributed by atoms with Crippen molar-refractivity contribution >= 4 is 11.9 Å². The molecular weight excluding hydrogens is 267 g/mol. The van der Waals surface area contributed by atoms with Crippen LogP contribution in [0.4, 0.5) is 4.39 Å². The maximum Gasteiger partial charge on any atom is 0.328 e. The van der Waals surface area contributed by atoms with E-state index < -0.39 is 30.7 Å². The van der Waals surface area contributed by atoms with Crippen LogP contribution >= 0.6 is 0 Å². The predicted molar refractivity (Wildman–Crippen MR) is 66.8 cm³/mol. The molecule has 2 atom stereocenters. The normalized spacial score (nSPS) is 12.8. The van der Waals surface area contributed by atoms with Crippen molar-refractivity contribution in [2.75, 3.05) is 6.67 Å². The van der Waals surface area contributed by atoms with Crippen LogP contribution in [0.15, 0.2) is 24.3 Å². The quantitative estimate of drug-likeness (QED) is 0.805. The lowest BCUT2D eigenvalue weighted by molar-refractivity contribution is -0.143. The Hall–Kier alpha value is -2.62. The zero-order valence-corrected chi connectivity index (χ0v) is 10.7. The molecule has 7 heteroatoms. The SMILES string of the molecule is CC(Oc1ccccc1C#N)C(=O)NC(CF)C(=O)O. The van der Waals surface area contributed by atoms with Gasteiger partial charge in [-0.3, -0.25) is 4.79 Å². The van der Waals surface area contributed by atoms with Gasteiger partial charge in [-0.05, 0) is 19.1 Å². The molecular formula is C13H13FN2O4. The molecule has 0 radical (unpaired) electrons. The number of nitriles is 1. The molecule has 0 spiro atoms. The number of amides is 1. The molecule has 1 aromatic rings. The van der Waals surface area contributed by atoms with Crippen molar-refractivity contribution < 1.29 is 23.8 Å². The zero-order chi connectivity index (χ0) is 15.1. The van der Waals surface area contributed by atoms with E-state index in [9.17, 15) is 14.0 Å². The van der Waals surface area contributed by atoms with Crippen LogP contribution in [-0.2, 0) is 9.59 Å². The molecule has 0 heterocycles. The summed E-state index contributed by atoms with van der Waals surface area (Å²) in [4.78, 5) is 22.3. The van der Waals surface area contributed by atoms with Crippen molar-refractivity contribution in [3.63, 3.8) is 0 Å². The molecule has 0 aromatic heterocycles. The summed E-state index contributed by atoms with van der Waals surface area (Å²) in [5, 5.41) is 19.5. The highest BCUT2D eigenvalue weighted by atomic mass is 19.1. The summed E-state index contributed by atoms with van der Waals surface area (Å²) < 4.78 is 17.7. The van der Waals surface area contributed by atoms with Gasteiger partial charge in [0.25, 0.3) is 5.91 Å². The maximum absolute atomic E-state index is 12.4. The fraction of sp³-hybridized carbons (Fsp3) is 0.308. The van der Waals surface area contributed by atoms with Gasteiger partial charge in [-0.2, -0.15) is 5.26 Å². The molecule has 0 saturated heterocycles. The molecule has 0 aliphatic carbocycles. The van der Waals surface area contributed by atoms with Gasteiger partial charge in [-0.15, -0.1) is 0 Å². The number of carboxylic acid groups (broad SMARTS) is 1. The van der Waals surface area contributed by atoms with Gasteiger partial charge in [-0.25, -0.2) is 9.18 Å². The van der Waals surface area contributed by atoms with Crippen molar-refractivity contribution in [1.82, 2.24) is 5.32 Å². The average molecular weight is 280 g/mol. The van der Waals surface area contributed by atoms with Gasteiger partial charge in [0.1, 0.15) is 18.5 Å². The van der Waals surface area contributed by atoms with Crippen molar-refractivity contribution in [2.24, 2.45) is 0 Å². The highest BCUT2D eigenvalue weighted by Gasteiger charge is 2.24. The van der Waals surface area contributed by atoms with Crippen LogP contribution in [0.2, 0.25) is 0 Å². The second-order valence-corrected chi connectivity index (χ2v) is 3.92. The number of alkyl halides is 1. The third-order valence-corrected chi connectivity index (χ3v) is 2.45. The van der Waals surface area contributed by atoms with Crippen LogP contribution < -0.4 is 10.1 Å². The molecule has 0 fully saturated rings. The zero-order valence-electron chi connectivity index (χ0n) is 10.7. The third-order valence-electron chi connectivity index (χ3n) is 2.45. The predicted octanol–water partition coefficient (Wildman–Crippen LogP) is 0.864. The Morgan fingerprint density at radius 1 is 1.50 bits per heavy atom. The fourth-order valence-electron chi connectivity index (χ4n) is 1.36. The number of hydrogen-bond donors (Lipinski definition) is 2. The van der Waals surface area contributed by atoms with E-state index in [-0.39, 0.29) is 11.3 Å². The molecule has 20 heavy (non-hydrogen) atoms. The van der Waals surface area contributed by atoms with Gasteiger partial charge in [0, 0.05) is 0 Å². The van der Waals surface area contributed by atoms with E-state index >= 15 is 0 Å². The summed E-state index contributed by atoms with van der Waals surface area (Å²) in [5.41, 5.74) is 0.243. The number of carbonyl (C=O) groups is 2. The smallest absolute Gasteiger partial charge is 0.328 e. The monoisotopic (exact) mass is 280 g/mol. The lowest BCUT2D eigenvalue weighted by atomic mass is 10.2. The van der Waals surface area contributed by atoms with E-state index in [2.05, 4.69) is 0 Å². The number of nitrogens with zero attached hydrogens (tertiary/aromatic N) is 1.